The van der Waals surface area contributed by atoms with Crippen molar-refractivity contribution < 1.29 is 9.47 Å². The van der Waals surface area contributed by atoms with Crippen molar-refractivity contribution in [3.8, 4) is 5.88 Å². The van der Waals surface area contributed by atoms with E-state index in [2.05, 4.69) is 30.2 Å². The number of hydrogen-bond acceptors (Lipinski definition) is 4. The first kappa shape index (κ1) is 15.3. The number of hydrogen-bond donors (Lipinski definition) is 1. The fourth-order valence-corrected chi connectivity index (χ4v) is 2.32. The minimum Gasteiger partial charge on any atom is -0.477 e. The van der Waals surface area contributed by atoms with Gasteiger partial charge in [-0.1, -0.05) is 13.8 Å². The summed E-state index contributed by atoms with van der Waals surface area (Å²) >= 11 is 0. The van der Waals surface area contributed by atoms with Gasteiger partial charge in [0.15, 0.2) is 0 Å². The second-order valence-corrected chi connectivity index (χ2v) is 5.86. The minimum absolute atomic E-state index is 0.482. The number of rotatable bonds is 6. The highest BCUT2D eigenvalue weighted by Gasteiger charge is 2.14. The van der Waals surface area contributed by atoms with Gasteiger partial charge in [0.05, 0.1) is 6.61 Å². The molecule has 1 aliphatic rings. The highest BCUT2D eigenvalue weighted by molar-refractivity contribution is 5.24. The van der Waals surface area contributed by atoms with Crippen LogP contribution in [0.15, 0.2) is 12.1 Å². The van der Waals surface area contributed by atoms with E-state index < -0.39 is 0 Å². The normalized spacial score (nSPS) is 16.6. The molecule has 0 atom stereocenters. The van der Waals surface area contributed by atoms with Crippen molar-refractivity contribution >= 4 is 0 Å². The summed E-state index contributed by atoms with van der Waals surface area (Å²) < 4.78 is 11.2. The molecule has 2 rings (SSSR count). The largest absolute Gasteiger partial charge is 0.477 e. The van der Waals surface area contributed by atoms with Gasteiger partial charge in [0.25, 0.3) is 0 Å². The third-order valence-corrected chi connectivity index (χ3v) is 3.51. The standard InChI is InChI=1S/C16H26N2O2/c1-12(2)17-10-15-8-13(3)18-16(9-15)20-11-14-4-6-19-7-5-14/h8-9,12,14,17H,4-7,10-11H2,1-3H3. The maximum Gasteiger partial charge on any atom is 0.213 e. The Hall–Kier alpha value is -1.13. The molecular weight excluding hydrogens is 252 g/mol. The maximum atomic E-state index is 5.88. The van der Waals surface area contributed by atoms with Gasteiger partial charge in [0, 0.05) is 37.6 Å². The van der Waals surface area contributed by atoms with Crippen molar-refractivity contribution in [3.05, 3.63) is 23.4 Å². The number of pyridine rings is 1. The molecule has 112 valence electrons. The molecule has 1 aromatic heterocycles. The van der Waals surface area contributed by atoms with Gasteiger partial charge < -0.3 is 14.8 Å². The Kier molecular flexibility index (Phi) is 5.80. The van der Waals surface area contributed by atoms with Gasteiger partial charge in [-0.25, -0.2) is 4.98 Å². The van der Waals surface area contributed by atoms with Crippen LogP contribution in [0, 0.1) is 12.8 Å². The van der Waals surface area contributed by atoms with E-state index in [0.717, 1.165) is 50.8 Å². The Morgan fingerprint density at radius 2 is 2.10 bits per heavy atom. The predicted molar refractivity (Wildman–Crippen MR) is 80.0 cm³/mol. The smallest absolute Gasteiger partial charge is 0.213 e. The molecule has 20 heavy (non-hydrogen) atoms. The number of ether oxygens (including phenoxy) is 2. The first-order chi connectivity index (χ1) is 9.63. The number of nitrogens with zero attached hydrogens (tertiary/aromatic N) is 1. The van der Waals surface area contributed by atoms with E-state index in [4.69, 9.17) is 9.47 Å². The summed E-state index contributed by atoms with van der Waals surface area (Å²) in [6.45, 7) is 9.64. The van der Waals surface area contributed by atoms with E-state index in [0.29, 0.717) is 12.0 Å². The zero-order valence-electron chi connectivity index (χ0n) is 12.8. The van der Waals surface area contributed by atoms with E-state index in [1.807, 2.05) is 13.0 Å². The fourth-order valence-electron chi connectivity index (χ4n) is 2.32. The summed E-state index contributed by atoms with van der Waals surface area (Å²) in [6.07, 6.45) is 2.18. The minimum atomic E-state index is 0.482. The summed E-state index contributed by atoms with van der Waals surface area (Å²) in [5.41, 5.74) is 2.24. The van der Waals surface area contributed by atoms with Crippen molar-refractivity contribution in [2.24, 2.45) is 5.92 Å². The molecule has 0 bridgehead atoms. The van der Waals surface area contributed by atoms with Gasteiger partial charge in [-0.05, 0) is 37.3 Å². The zero-order valence-corrected chi connectivity index (χ0v) is 12.8. The zero-order chi connectivity index (χ0) is 14.4. The van der Waals surface area contributed by atoms with Gasteiger partial charge in [-0.2, -0.15) is 0 Å². The Morgan fingerprint density at radius 1 is 1.35 bits per heavy atom. The number of aromatic nitrogens is 1. The lowest BCUT2D eigenvalue weighted by Gasteiger charge is -2.22. The molecule has 1 N–H and O–H groups in total. The molecule has 2 heterocycles. The third kappa shape index (κ3) is 5.10. The van der Waals surface area contributed by atoms with Crippen LogP contribution < -0.4 is 10.1 Å². The van der Waals surface area contributed by atoms with Crippen LogP contribution in [0.3, 0.4) is 0 Å². The van der Waals surface area contributed by atoms with Crippen LogP contribution in [-0.4, -0.2) is 30.8 Å². The van der Waals surface area contributed by atoms with Crippen LogP contribution in [-0.2, 0) is 11.3 Å². The van der Waals surface area contributed by atoms with E-state index in [-0.39, 0.29) is 0 Å². The molecule has 0 spiro atoms. The average molecular weight is 278 g/mol. The van der Waals surface area contributed by atoms with Gasteiger partial charge in [0.1, 0.15) is 0 Å². The van der Waals surface area contributed by atoms with Gasteiger partial charge in [-0.3, -0.25) is 0 Å². The highest BCUT2D eigenvalue weighted by atomic mass is 16.5. The number of aryl methyl sites for hydroxylation is 1. The molecule has 0 aromatic carbocycles. The molecule has 1 fully saturated rings. The molecular formula is C16H26N2O2. The Bertz CT molecular complexity index is 415. The molecule has 1 saturated heterocycles. The maximum absolute atomic E-state index is 5.88. The van der Waals surface area contributed by atoms with Gasteiger partial charge >= 0.3 is 0 Å². The molecule has 1 aliphatic heterocycles. The van der Waals surface area contributed by atoms with Crippen LogP contribution in [0.4, 0.5) is 0 Å². The molecule has 0 aliphatic carbocycles. The quantitative estimate of drug-likeness (QED) is 0.869. The molecule has 0 saturated carbocycles. The Balaban J connectivity index is 1.89. The average Bonchev–Trinajstić information content (AvgIpc) is 2.44. The molecule has 4 heteroatoms. The number of nitrogens with one attached hydrogen (secondary N) is 1. The summed E-state index contributed by atoms with van der Waals surface area (Å²) in [4.78, 5) is 4.46. The first-order valence-corrected chi connectivity index (χ1v) is 7.55. The van der Waals surface area contributed by atoms with Crippen molar-refractivity contribution in [1.29, 1.82) is 0 Å². The van der Waals surface area contributed by atoms with Gasteiger partial charge in [-0.15, -0.1) is 0 Å². The predicted octanol–water partition coefficient (Wildman–Crippen LogP) is 2.69. The molecule has 0 unspecified atom stereocenters. The lowest BCUT2D eigenvalue weighted by atomic mass is 10.0. The van der Waals surface area contributed by atoms with Crippen LogP contribution in [0.2, 0.25) is 0 Å². The lowest BCUT2D eigenvalue weighted by Crippen LogP contribution is -2.23. The second-order valence-electron chi connectivity index (χ2n) is 5.86. The highest BCUT2D eigenvalue weighted by Crippen LogP contribution is 2.18. The van der Waals surface area contributed by atoms with E-state index >= 15 is 0 Å². The molecule has 0 radical (unpaired) electrons. The summed E-state index contributed by atoms with van der Waals surface area (Å²) in [5, 5.41) is 3.42. The fraction of sp³-hybridized carbons (Fsp3) is 0.688. The Morgan fingerprint density at radius 3 is 2.80 bits per heavy atom. The van der Waals surface area contributed by atoms with Crippen molar-refractivity contribution in [1.82, 2.24) is 10.3 Å². The van der Waals surface area contributed by atoms with Crippen molar-refractivity contribution in [2.45, 2.75) is 46.2 Å². The van der Waals surface area contributed by atoms with Crippen LogP contribution in [0.1, 0.15) is 37.9 Å². The van der Waals surface area contributed by atoms with E-state index in [9.17, 15) is 0 Å². The molecule has 1 aromatic rings. The molecule has 0 amide bonds. The molecule has 4 nitrogen and oxygen atoms in total. The third-order valence-electron chi connectivity index (χ3n) is 3.51. The first-order valence-electron chi connectivity index (χ1n) is 7.55. The topological polar surface area (TPSA) is 43.4 Å². The lowest BCUT2D eigenvalue weighted by molar-refractivity contribution is 0.0490. The summed E-state index contributed by atoms with van der Waals surface area (Å²) in [5.74, 6) is 1.35. The SMILES string of the molecule is Cc1cc(CNC(C)C)cc(OCC2CCOCC2)n1. The van der Waals surface area contributed by atoms with Crippen molar-refractivity contribution in [2.75, 3.05) is 19.8 Å². The van der Waals surface area contributed by atoms with Crippen LogP contribution in [0.25, 0.3) is 0 Å². The van der Waals surface area contributed by atoms with E-state index in [1.54, 1.807) is 0 Å². The van der Waals surface area contributed by atoms with Crippen LogP contribution in [0.5, 0.6) is 5.88 Å². The Labute approximate surface area is 121 Å². The monoisotopic (exact) mass is 278 g/mol. The summed E-state index contributed by atoms with van der Waals surface area (Å²) in [6, 6.07) is 4.63. The van der Waals surface area contributed by atoms with Gasteiger partial charge in [0.2, 0.25) is 5.88 Å². The van der Waals surface area contributed by atoms with Crippen LogP contribution >= 0.6 is 0 Å². The summed E-state index contributed by atoms with van der Waals surface area (Å²) in [7, 11) is 0. The van der Waals surface area contributed by atoms with E-state index in [1.165, 1.54) is 5.56 Å². The van der Waals surface area contributed by atoms with Crippen molar-refractivity contribution in [3.63, 3.8) is 0 Å². The second kappa shape index (κ2) is 7.60.